The summed E-state index contributed by atoms with van der Waals surface area (Å²) in [7, 11) is 0. The van der Waals surface area contributed by atoms with Crippen molar-refractivity contribution in [3.05, 3.63) is 34.6 Å². The standard InChI is InChI=1S/C19H25NO/c1-11(2)15-9-4-12(3)17-18(13-5-6-13)16(21-19(15)17)10-20-14-7-8-14/h4,9,11,13-14,20H,5-8,10H2,1-3H3. The van der Waals surface area contributed by atoms with Gasteiger partial charge in [0.1, 0.15) is 11.3 Å². The number of aryl methyl sites for hydroxylation is 1. The third kappa shape index (κ3) is 2.40. The largest absolute Gasteiger partial charge is 0.459 e. The summed E-state index contributed by atoms with van der Waals surface area (Å²) in [4.78, 5) is 0. The number of nitrogens with one attached hydrogen (secondary N) is 1. The van der Waals surface area contributed by atoms with E-state index in [0.29, 0.717) is 5.92 Å². The predicted octanol–water partition coefficient (Wildman–Crippen LogP) is 4.99. The summed E-state index contributed by atoms with van der Waals surface area (Å²) >= 11 is 0. The Kier molecular flexibility index (Phi) is 3.11. The molecule has 112 valence electrons. The van der Waals surface area contributed by atoms with Crippen molar-refractivity contribution in [3.8, 4) is 0 Å². The van der Waals surface area contributed by atoms with Gasteiger partial charge in [-0.3, -0.25) is 0 Å². The molecule has 0 saturated heterocycles. The van der Waals surface area contributed by atoms with E-state index in [1.165, 1.54) is 53.5 Å². The monoisotopic (exact) mass is 283 g/mol. The number of furan rings is 1. The van der Waals surface area contributed by atoms with Gasteiger partial charge in [-0.25, -0.2) is 0 Å². The summed E-state index contributed by atoms with van der Waals surface area (Å²) in [6.07, 6.45) is 5.32. The Morgan fingerprint density at radius 2 is 1.95 bits per heavy atom. The molecule has 0 aliphatic heterocycles. The molecule has 21 heavy (non-hydrogen) atoms. The van der Waals surface area contributed by atoms with Crippen LogP contribution in [0.2, 0.25) is 0 Å². The third-order valence-electron chi connectivity index (χ3n) is 4.93. The Labute approximate surface area is 126 Å². The van der Waals surface area contributed by atoms with E-state index in [1.54, 1.807) is 0 Å². The van der Waals surface area contributed by atoms with Gasteiger partial charge in [0.15, 0.2) is 0 Å². The molecule has 2 fully saturated rings. The summed E-state index contributed by atoms with van der Waals surface area (Å²) < 4.78 is 6.39. The minimum Gasteiger partial charge on any atom is -0.459 e. The van der Waals surface area contributed by atoms with Crippen LogP contribution >= 0.6 is 0 Å². The van der Waals surface area contributed by atoms with Crippen LogP contribution in [0.15, 0.2) is 16.5 Å². The molecular formula is C19H25NO. The highest BCUT2D eigenvalue weighted by Gasteiger charge is 2.33. The van der Waals surface area contributed by atoms with E-state index >= 15 is 0 Å². The highest BCUT2D eigenvalue weighted by Crippen LogP contribution is 2.48. The summed E-state index contributed by atoms with van der Waals surface area (Å²) in [6.45, 7) is 7.64. The van der Waals surface area contributed by atoms with Crippen molar-refractivity contribution in [1.82, 2.24) is 5.32 Å². The first kappa shape index (κ1) is 13.4. The first-order chi connectivity index (χ1) is 10.1. The zero-order valence-electron chi connectivity index (χ0n) is 13.3. The maximum absolute atomic E-state index is 6.39. The first-order valence-corrected chi connectivity index (χ1v) is 8.43. The number of hydrogen-bond donors (Lipinski definition) is 1. The Balaban J connectivity index is 1.85. The zero-order chi connectivity index (χ0) is 14.6. The fourth-order valence-corrected chi connectivity index (χ4v) is 3.37. The van der Waals surface area contributed by atoms with Crippen molar-refractivity contribution in [2.75, 3.05) is 0 Å². The van der Waals surface area contributed by atoms with E-state index in [4.69, 9.17) is 4.42 Å². The molecule has 0 bridgehead atoms. The second kappa shape index (κ2) is 4.88. The second-order valence-electron chi connectivity index (χ2n) is 7.20. The SMILES string of the molecule is Cc1ccc(C(C)C)c2oc(CNC3CC3)c(C3CC3)c12. The highest BCUT2D eigenvalue weighted by molar-refractivity contribution is 5.89. The average molecular weight is 283 g/mol. The molecule has 2 saturated carbocycles. The normalized spacial score (nSPS) is 18.9. The molecule has 1 N–H and O–H groups in total. The van der Waals surface area contributed by atoms with Crippen molar-refractivity contribution < 1.29 is 4.42 Å². The molecule has 0 atom stereocenters. The van der Waals surface area contributed by atoms with Gasteiger partial charge in [-0.2, -0.15) is 0 Å². The molecule has 2 heteroatoms. The Bertz CT molecular complexity index is 674. The molecule has 2 aromatic rings. The molecule has 0 spiro atoms. The van der Waals surface area contributed by atoms with E-state index in [9.17, 15) is 0 Å². The summed E-state index contributed by atoms with van der Waals surface area (Å²) in [5.74, 6) is 2.45. The molecule has 1 aromatic heterocycles. The molecule has 2 nitrogen and oxygen atoms in total. The van der Waals surface area contributed by atoms with Crippen LogP contribution in [0, 0.1) is 6.92 Å². The molecule has 1 heterocycles. The predicted molar refractivity (Wildman–Crippen MR) is 86.9 cm³/mol. The average Bonchev–Trinajstić information content (AvgIpc) is 3.35. The molecule has 0 radical (unpaired) electrons. The van der Waals surface area contributed by atoms with Crippen LogP contribution in [0.5, 0.6) is 0 Å². The number of rotatable bonds is 5. The Morgan fingerprint density at radius 1 is 1.19 bits per heavy atom. The second-order valence-corrected chi connectivity index (χ2v) is 7.20. The third-order valence-corrected chi connectivity index (χ3v) is 4.93. The fraction of sp³-hybridized carbons (Fsp3) is 0.579. The molecule has 0 unspecified atom stereocenters. The highest BCUT2D eigenvalue weighted by atomic mass is 16.3. The fourth-order valence-electron chi connectivity index (χ4n) is 3.37. The maximum Gasteiger partial charge on any atom is 0.138 e. The van der Waals surface area contributed by atoms with Crippen molar-refractivity contribution in [3.63, 3.8) is 0 Å². The summed E-state index contributed by atoms with van der Waals surface area (Å²) in [6, 6.07) is 5.26. The zero-order valence-corrected chi connectivity index (χ0v) is 13.3. The van der Waals surface area contributed by atoms with E-state index in [0.717, 1.165) is 24.1 Å². The minimum absolute atomic E-state index is 0.510. The van der Waals surface area contributed by atoms with Gasteiger partial charge in [0, 0.05) is 17.0 Å². The van der Waals surface area contributed by atoms with Crippen LogP contribution in [-0.2, 0) is 6.54 Å². The van der Waals surface area contributed by atoms with E-state index in [1.807, 2.05) is 0 Å². The Morgan fingerprint density at radius 3 is 2.57 bits per heavy atom. The quantitative estimate of drug-likeness (QED) is 0.836. The van der Waals surface area contributed by atoms with Gasteiger partial charge in [-0.15, -0.1) is 0 Å². The first-order valence-electron chi connectivity index (χ1n) is 8.43. The van der Waals surface area contributed by atoms with Gasteiger partial charge in [-0.05, 0) is 55.6 Å². The van der Waals surface area contributed by atoms with Crippen molar-refractivity contribution in [1.29, 1.82) is 0 Å². The van der Waals surface area contributed by atoms with Crippen molar-refractivity contribution >= 4 is 11.0 Å². The molecule has 2 aliphatic rings. The van der Waals surface area contributed by atoms with Crippen LogP contribution in [0.3, 0.4) is 0 Å². The van der Waals surface area contributed by atoms with Gasteiger partial charge >= 0.3 is 0 Å². The van der Waals surface area contributed by atoms with Gasteiger partial charge in [0.2, 0.25) is 0 Å². The maximum atomic E-state index is 6.39. The lowest BCUT2D eigenvalue weighted by Crippen LogP contribution is -2.15. The van der Waals surface area contributed by atoms with E-state index < -0.39 is 0 Å². The Hall–Kier alpha value is -1.28. The van der Waals surface area contributed by atoms with Gasteiger partial charge in [0.05, 0.1) is 6.54 Å². The molecular weight excluding hydrogens is 258 g/mol. The molecule has 4 rings (SSSR count). The van der Waals surface area contributed by atoms with Crippen LogP contribution in [0.25, 0.3) is 11.0 Å². The number of benzene rings is 1. The summed E-state index contributed by atoms with van der Waals surface area (Å²) in [5, 5.41) is 5.04. The lowest BCUT2D eigenvalue weighted by molar-refractivity contribution is 0.503. The molecule has 1 aromatic carbocycles. The van der Waals surface area contributed by atoms with E-state index in [-0.39, 0.29) is 0 Å². The van der Waals surface area contributed by atoms with Gasteiger partial charge in [-0.1, -0.05) is 26.0 Å². The number of hydrogen-bond acceptors (Lipinski definition) is 2. The van der Waals surface area contributed by atoms with Crippen molar-refractivity contribution in [2.45, 2.75) is 70.9 Å². The van der Waals surface area contributed by atoms with Crippen LogP contribution in [0.4, 0.5) is 0 Å². The lowest BCUT2D eigenvalue weighted by Gasteiger charge is -2.08. The molecule has 2 aliphatic carbocycles. The minimum atomic E-state index is 0.510. The van der Waals surface area contributed by atoms with Gasteiger partial charge < -0.3 is 9.73 Å². The van der Waals surface area contributed by atoms with Crippen molar-refractivity contribution in [2.24, 2.45) is 0 Å². The van der Waals surface area contributed by atoms with Crippen LogP contribution < -0.4 is 5.32 Å². The smallest absolute Gasteiger partial charge is 0.138 e. The van der Waals surface area contributed by atoms with Crippen LogP contribution in [-0.4, -0.2) is 6.04 Å². The summed E-state index contributed by atoms with van der Waals surface area (Å²) in [5.41, 5.74) is 5.39. The van der Waals surface area contributed by atoms with E-state index in [2.05, 4.69) is 38.2 Å². The van der Waals surface area contributed by atoms with Gasteiger partial charge in [0.25, 0.3) is 0 Å². The lowest BCUT2D eigenvalue weighted by atomic mass is 9.95. The van der Waals surface area contributed by atoms with Crippen LogP contribution in [0.1, 0.15) is 73.8 Å². The molecule has 0 amide bonds. The topological polar surface area (TPSA) is 25.2 Å². The number of fused-ring (bicyclic) bond motifs is 1.